The summed E-state index contributed by atoms with van der Waals surface area (Å²) in [6, 6.07) is 22.7. The molecular weight excluding hydrogens is 502 g/mol. The summed E-state index contributed by atoms with van der Waals surface area (Å²) in [7, 11) is 4.75. The van der Waals surface area contributed by atoms with Gasteiger partial charge in [0.15, 0.2) is 16.7 Å². The van der Waals surface area contributed by atoms with Crippen molar-refractivity contribution in [3.05, 3.63) is 83.9 Å². The van der Waals surface area contributed by atoms with Gasteiger partial charge in [-0.3, -0.25) is 14.5 Å². The van der Waals surface area contributed by atoms with E-state index in [1.807, 2.05) is 54.6 Å². The lowest BCUT2D eigenvalue weighted by molar-refractivity contribution is -0.130. The second kappa shape index (κ2) is 13.0. The number of carbonyl (C=O) groups excluding carboxylic acids is 2. The number of aliphatic imine (C=N–C) groups is 1. The summed E-state index contributed by atoms with van der Waals surface area (Å²) < 4.78 is 16.0. The van der Waals surface area contributed by atoms with Crippen LogP contribution in [0.15, 0.2) is 77.8 Å². The Morgan fingerprint density at radius 2 is 1.68 bits per heavy atom. The van der Waals surface area contributed by atoms with Gasteiger partial charge in [0.25, 0.3) is 0 Å². The van der Waals surface area contributed by atoms with Crippen LogP contribution in [0.1, 0.15) is 17.5 Å². The Labute approximate surface area is 227 Å². The standard InChI is InChI=1S/C29H31N3O5S/c1-35-23-12-10-22(11-13-23)31-29-32(19-21-9-14-24(36-2)25(17-21)37-3)27(33)18-26(38-29)28(34)30-16-15-20-7-5-4-6-8-20/h4-14,17,26H,15-16,18-19H2,1-3H3,(H,30,34). The molecule has 0 aliphatic carbocycles. The molecule has 1 aliphatic rings. The number of hydrogen-bond acceptors (Lipinski definition) is 7. The van der Waals surface area contributed by atoms with E-state index in [9.17, 15) is 9.59 Å². The number of thioether (sulfide) groups is 1. The van der Waals surface area contributed by atoms with Gasteiger partial charge in [-0.05, 0) is 53.9 Å². The maximum atomic E-state index is 13.4. The van der Waals surface area contributed by atoms with Gasteiger partial charge < -0.3 is 19.5 Å². The maximum Gasteiger partial charge on any atom is 0.234 e. The Bertz CT molecular complexity index is 1280. The molecule has 1 atom stereocenters. The number of rotatable bonds is 10. The van der Waals surface area contributed by atoms with E-state index in [2.05, 4.69) is 5.32 Å². The zero-order valence-electron chi connectivity index (χ0n) is 21.7. The number of methoxy groups -OCH3 is 3. The molecule has 0 spiro atoms. The van der Waals surface area contributed by atoms with Crippen molar-refractivity contribution in [1.82, 2.24) is 10.2 Å². The van der Waals surface area contributed by atoms with Crippen LogP contribution in [0.3, 0.4) is 0 Å². The van der Waals surface area contributed by atoms with Crippen LogP contribution in [0, 0.1) is 0 Å². The molecule has 8 nitrogen and oxygen atoms in total. The van der Waals surface area contributed by atoms with Crippen LogP contribution in [-0.2, 0) is 22.6 Å². The van der Waals surface area contributed by atoms with Crippen molar-refractivity contribution >= 4 is 34.4 Å². The fourth-order valence-electron chi connectivity index (χ4n) is 4.01. The highest BCUT2D eigenvalue weighted by molar-refractivity contribution is 8.15. The van der Waals surface area contributed by atoms with Gasteiger partial charge in [0, 0.05) is 13.0 Å². The zero-order chi connectivity index (χ0) is 26.9. The molecule has 1 unspecified atom stereocenters. The predicted octanol–water partition coefficient (Wildman–Crippen LogP) is 4.59. The molecule has 1 aliphatic heterocycles. The molecule has 2 amide bonds. The molecule has 0 aromatic heterocycles. The lowest BCUT2D eigenvalue weighted by Gasteiger charge is -2.32. The van der Waals surface area contributed by atoms with Crippen molar-refractivity contribution in [1.29, 1.82) is 0 Å². The van der Waals surface area contributed by atoms with Crippen LogP contribution in [0.25, 0.3) is 0 Å². The monoisotopic (exact) mass is 533 g/mol. The minimum absolute atomic E-state index is 0.0801. The Hall–Kier alpha value is -3.98. The van der Waals surface area contributed by atoms with E-state index in [0.717, 1.165) is 17.5 Å². The van der Waals surface area contributed by atoms with Crippen LogP contribution in [0.5, 0.6) is 17.2 Å². The first-order valence-corrected chi connectivity index (χ1v) is 13.1. The quantitative estimate of drug-likeness (QED) is 0.410. The second-order valence-corrected chi connectivity index (χ2v) is 9.77. The molecule has 1 fully saturated rings. The van der Waals surface area contributed by atoms with Crippen LogP contribution in [-0.4, -0.2) is 55.0 Å². The summed E-state index contributed by atoms with van der Waals surface area (Å²) in [4.78, 5) is 32.8. The number of amidine groups is 1. The number of carbonyl (C=O) groups is 2. The maximum absolute atomic E-state index is 13.4. The summed E-state index contributed by atoms with van der Waals surface area (Å²) in [5.41, 5.74) is 2.65. The third-order valence-electron chi connectivity index (χ3n) is 6.07. The normalized spacial score (nSPS) is 16.3. The molecule has 9 heteroatoms. The number of nitrogens with one attached hydrogen (secondary N) is 1. The van der Waals surface area contributed by atoms with E-state index in [0.29, 0.717) is 34.6 Å². The molecule has 198 valence electrons. The lowest BCUT2D eigenvalue weighted by Crippen LogP contribution is -2.46. The van der Waals surface area contributed by atoms with Crippen molar-refractivity contribution in [2.45, 2.75) is 24.6 Å². The molecular formula is C29H31N3O5S. The van der Waals surface area contributed by atoms with Crippen LogP contribution in [0.2, 0.25) is 0 Å². The highest BCUT2D eigenvalue weighted by Gasteiger charge is 2.36. The summed E-state index contributed by atoms with van der Waals surface area (Å²) in [6.45, 7) is 0.776. The van der Waals surface area contributed by atoms with Gasteiger partial charge in [-0.2, -0.15) is 0 Å². The SMILES string of the molecule is COc1ccc(N=C2SC(C(=O)NCCc3ccccc3)CC(=O)N2Cc2ccc(OC)c(OC)c2)cc1. The second-order valence-electron chi connectivity index (χ2n) is 8.60. The van der Waals surface area contributed by atoms with Crippen molar-refractivity contribution in [2.75, 3.05) is 27.9 Å². The van der Waals surface area contributed by atoms with Gasteiger partial charge >= 0.3 is 0 Å². The van der Waals surface area contributed by atoms with Gasteiger partial charge in [0.1, 0.15) is 5.75 Å². The average Bonchev–Trinajstić information content (AvgIpc) is 2.95. The summed E-state index contributed by atoms with van der Waals surface area (Å²) in [6.07, 6.45) is 0.799. The van der Waals surface area contributed by atoms with Gasteiger partial charge in [0.2, 0.25) is 11.8 Å². The first-order chi connectivity index (χ1) is 18.5. The molecule has 1 saturated heterocycles. The predicted molar refractivity (Wildman–Crippen MR) is 149 cm³/mol. The van der Waals surface area contributed by atoms with Crippen LogP contribution in [0.4, 0.5) is 5.69 Å². The van der Waals surface area contributed by atoms with Gasteiger partial charge in [-0.25, -0.2) is 4.99 Å². The number of ether oxygens (including phenoxy) is 3. The van der Waals surface area contributed by atoms with E-state index in [-0.39, 0.29) is 24.8 Å². The number of amides is 2. The number of benzene rings is 3. The van der Waals surface area contributed by atoms with Gasteiger partial charge in [-0.1, -0.05) is 48.2 Å². The van der Waals surface area contributed by atoms with E-state index >= 15 is 0 Å². The van der Waals surface area contributed by atoms with Gasteiger partial charge in [0.05, 0.1) is 38.8 Å². The van der Waals surface area contributed by atoms with E-state index in [1.54, 1.807) is 44.4 Å². The Balaban J connectivity index is 1.53. The van der Waals surface area contributed by atoms with E-state index in [1.165, 1.54) is 11.8 Å². The smallest absolute Gasteiger partial charge is 0.234 e. The van der Waals surface area contributed by atoms with Crippen molar-refractivity contribution < 1.29 is 23.8 Å². The average molecular weight is 534 g/mol. The molecule has 3 aromatic carbocycles. The molecule has 0 bridgehead atoms. The molecule has 38 heavy (non-hydrogen) atoms. The fraction of sp³-hybridized carbons (Fsp3) is 0.276. The zero-order valence-corrected chi connectivity index (χ0v) is 22.5. The molecule has 1 heterocycles. The van der Waals surface area contributed by atoms with Crippen LogP contribution < -0.4 is 19.5 Å². The summed E-state index contributed by atoms with van der Waals surface area (Å²) in [5, 5.41) is 2.87. The molecule has 4 rings (SSSR count). The highest BCUT2D eigenvalue weighted by Crippen LogP contribution is 2.33. The van der Waals surface area contributed by atoms with Crippen molar-refractivity contribution in [3.63, 3.8) is 0 Å². The number of hydrogen-bond donors (Lipinski definition) is 1. The third kappa shape index (κ3) is 6.86. The van der Waals surface area contributed by atoms with Crippen molar-refractivity contribution in [2.24, 2.45) is 4.99 Å². The van der Waals surface area contributed by atoms with Crippen LogP contribution >= 0.6 is 11.8 Å². The Morgan fingerprint density at radius 3 is 2.37 bits per heavy atom. The molecule has 1 N–H and O–H groups in total. The summed E-state index contributed by atoms with van der Waals surface area (Å²) in [5.74, 6) is 1.54. The number of nitrogens with zero attached hydrogens (tertiary/aromatic N) is 2. The van der Waals surface area contributed by atoms with Gasteiger partial charge in [-0.15, -0.1) is 0 Å². The lowest BCUT2D eigenvalue weighted by atomic mass is 10.1. The molecule has 0 radical (unpaired) electrons. The Kier molecular flexibility index (Phi) is 9.26. The minimum Gasteiger partial charge on any atom is -0.497 e. The largest absolute Gasteiger partial charge is 0.497 e. The topological polar surface area (TPSA) is 89.5 Å². The third-order valence-corrected chi connectivity index (χ3v) is 7.26. The first kappa shape index (κ1) is 27.1. The Morgan fingerprint density at radius 1 is 0.947 bits per heavy atom. The van der Waals surface area contributed by atoms with E-state index in [4.69, 9.17) is 19.2 Å². The van der Waals surface area contributed by atoms with Crippen molar-refractivity contribution in [3.8, 4) is 17.2 Å². The highest BCUT2D eigenvalue weighted by atomic mass is 32.2. The first-order valence-electron chi connectivity index (χ1n) is 12.2. The van der Waals surface area contributed by atoms with E-state index < -0.39 is 5.25 Å². The molecule has 3 aromatic rings. The molecule has 0 saturated carbocycles. The minimum atomic E-state index is -0.572. The fourth-order valence-corrected chi connectivity index (χ4v) is 5.14. The summed E-state index contributed by atoms with van der Waals surface area (Å²) >= 11 is 1.30.